The topological polar surface area (TPSA) is 112 Å². The van der Waals surface area contributed by atoms with Gasteiger partial charge in [-0.1, -0.05) is 26.7 Å². The number of aliphatic hydroxyl groups excluding tert-OH is 1. The molecular weight excluding hydrogens is 328 g/mol. The molecule has 0 saturated carbocycles. The van der Waals surface area contributed by atoms with Crippen LogP contribution in [0, 0.1) is 0 Å². The van der Waals surface area contributed by atoms with Gasteiger partial charge in [-0.25, -0.2) is 9.78 Å². The summed E-state index contributed by atoms with van der Waals surface area (Å²) < 4.78 is 13.2. The van der Waals surface area contributed by atoms with Crippen LogP contribution < -0.4 is 11.4 Å². The minimum Gasteiger partial charge on any atom is -0.414 e. The number of hydrogen-bond donors (Lipinski definition) is 2. The zero-order valence-corrected chi connectivity index (χ0v) is 15.8. The van der Waals surface area contributed by atoms with Crippen LogP contribution in [0.1, 0.15) is 39.3 Å². The third kappa shape index (κ3) is 4.21. The number of nitrogen functional groups attached to an aromatic ring is 1. The third-order valence-electron chi connectivity index (χ3n) is 4.85. The van der Waals surface area contributed by atoms with Gasteiger partial charge in [-0.3, -0.25) is 4.57 Å². The van der Waals surface area contributed by atoms with Crippen molar-refractivity contribution < 1.29 is 14.3 Å². The van der Waals surface area contributed by atoms with E-state index in [-0.39, 0.29) is 5.95 Å². The highest BCUT2D eigenvalue weighted by Gasteiger charge is 2.38. The van der Waals surface area contributed by atoms with Crippen molar-refractivity contribution in [2.24, 2.45) is 0 Å². The first-order chi connectivity index (χ1) is 11.3. The van der Waals surface area contributed by atoms with E-state index in [0.29, 0.717) is 18.6 Å². The fourth-order valence-corrected chi connectivity index (χ4v) is 6.07. The fraction of sp³-hybridized carbons (Fsp3) is 0.800. The van der Waals surface area contributed by atoms with Crippen LogP contribution in [0.4, 0.5) is 5.95 Å². The summed E-state index contributed by atoms with van der Waals surface area (Å²) >= 11 is 0. The Morgan fingerprint density at radius 1 is 1.50 bits per heavy atom. The first kappa shape index (κ1) is 19.0. The van der Waals surface area contributed by atoms with Crippen LogP contribution in [0.5, 0.6) is 0 Å². The van der Waals surface area contributed by atoms with E-state index >= 15 is 0 Å². The normalized spacial score (nSPS) is 24.7. The molecule has 1 fully saturated rings. The summed E-state index contributed by atoms with van der Waals surface area (Å²) in [4.78, 5) is 19.3. The molecule has 3 N–H and O–H groups in total. The number of hydrogen-bond acceptors (Lipinski definition) is 7. The van der Waals surface area contributed by atoms with Crippen molar-refractivity contribution in [3.05, 3.63) is 16.8 Å². The third-order valence-corrected chi connectivity index (χ3v) is 8.54. The van der Waals surface area contributed by atoms with Crippen LogP contribution in [0.25, 0.3) is 0 Å². The summed E-state index contributed by atoms with van der Waals surface area (Å²) in [5.74, 6) is -0.0763. The van der Waals surface area contributed by atoms with Crippen LogP contribution in [-0.4, -0.2) is 46.8 Å². The molecule has 2 rings (SSSR count). The van der Waals surface area contributed by atoms with E-state index in [9.17, 15) is 9.90 Å². The van der Waals surface area contributed by atoms with Crippen LogP contribution >= 0.6 is 0 Å². The van der Waals surface area contributed by atoms with Crippen molar-refractivity contribution in [3.8, 4) is 0 Å². The largest absolute Gasteiger partial charge is 0.414 e. The summed E-state index contributed by atoms with van der Waals surface area (Å²) in [5, 5.41) is 10.2. The van der Waals surface area contributed by atoms with Gasteiger partial charge in [0.15, 0.2) is 8.32 Å². The summed E-state index contributed by atoms with van der Waals surface area (Å²) in [5.41, 5.74) is 5.42. The number of rotatable bonds is 7. The molecule has 3 atom stereocenters. The fourth-order valence-electron chi connectivity index (χ4n) is 3.28. The van der Waals surface area contributed by atoms with E-state index in [1.54, 1.807) is 0 Å². The molecule has 1 aromatic heterocycles. The molecule has 2 heterocycles. The maximum Gasteiger partial charge on any atom is 0.354 e. The number of aromatic nitrogens is 3. The monoisotopic (exact) mass is 356 g/mol. The molecular formula is C15H28N4O4Si. The SMILES string of the molecule is CCC(CC)[Si](C)(C)OC[C@H]1O[C@@H](n2cnc(N)nc2=O)C[C@@H]1O. The van der Waals surface area contributed by atoms with Gasteiger partial charge in [-0.05, 0) is 18.6 Å². The Hall–Kier alpha value is -1.29. The first-order valence-corrected chi connectivity index (χ1v) is 11.4. The Balaban J connectivity index is 2.00. The Morgan fingerprint density at radius 3 is 2.75 bits per heavy atom. The molecule has 0 aromatic carbocycles. The van der Waals surface area contributed by atoms with Crippen LogP contribution in [0.2, 0.25) is 18.6 Å². The molecule has 0 unspecified atom stereocenters. The van der Waals surface area contributed by atoms with E-state index in [2.05, 4.69) is 36.9 Å². The van der Waals surface area contributed by atoms with E-state index in [1.165, 1.54) is 10.9 Å². The van der Waals surface area contributed by atoms with Crippen LogP contribution in [0.3, 0.4) is 0 Å². The lowest BCUT2D eigenvalue weighted by atomic mass is 10.2. The average Bonchev–Trinajstić information content (AvgIpc) is 2.87. The Bertz CT molecular complexity index is 605. The molecule has 8 nitrogen and oxygen atoms in total. The van der Waals surface area contributed by atoms with Crippen LogP contribution in [-0.2, 0) is 9.16 Å². The number of nitrogens with zero attached hydrogens (tertiary/aromatic N) is 3. The second-order valence-corrected chi connectivity index (χ2v) is 11.1. The number of anilines is 1. The molecule has 0 radical (unpaired) electrons. The second kappa shape index (κ2) is 7.73. The summed E-state index contributed by atoms with van der Waals surface area (Å²) in [6.45, 7) is 9.08. The van der Waals surface area contributed by atoms with Crippen LogP contribution in [0.15, 0.2) is 11.1 Å². The van der Waals surface area contributed by atoms with Crippen molar-refractivity contribution in [3.63, 3.8) is 0 Å². The molecule has 9 heteroatoms. The van der Waals surface area contributed by atoms with E-state index in [4.69, 9.17) is 14.9 Å². The second-order valence-electron chi connectivity index (χ2n) is 6.76. The van der Waals surface area contributed by atoms with E-state index < -0.39 is 32.4 Å². The van der Waals surface area contributed by atoms with Crippen molar-refractivity contribution in [2.45, 2.75) is 70.2 Å². The number of nitrogens with two attached hydrogens (primary N) is 1. The van der Waals surface area contributed by atoms with Gasteiger partial charge >= 0.3 is 5.69 Å². The van der Waals surface area contributed by atoms with Crippen molar-refractivity contribution in [1.29, 1.82) is 0 Å². The molecule has 136 valence electrons. The van der Waals surface area contributed by atoms with Gasteiger partial charge in [0.2, 0.25) is 5.95 Å². The highest BCUT2D eigenvalue weighted by molar-refractivity contribution is 6.72. The lowest BCUT2D eigenvalue weighted by Gasteiger charge is -2.32. The van der Waals surface area contributed by atoms with Crippen molar-refractivity contribution in [2.75, 3.05) is 12.3 Å². The predicted octanol–water partition coefficient (Wildman–Crippen LogP) is 1.28. The minimum atomic E-state index is -1.85. The minimum absolute atomic E-state index is 0.0763. The standard InChI is InChI=1S/C15H28N4O4Si/c1-5-10(6-2)24(3,4)22-8-12-11(20)7-13(23-12)19-9-17-14(16)18-15(19)21/h9-13,20H,5-8H2,1-4H3,(H2,16,18,21)/t11-,12+,13+/m0/s1. The lowest BCUT2D eigenvalue weighted by Crippen LogP contribution is -2.40. The van der Waals surface area contributed by atoms with Gasteiger partial charge in [-0.2, -0.15) is 4.98 Å². The molecule has 1 aliphatic rings. The number of aliphatic hydroxyl groups is 1. The molecule has 24 heavy (non-hydrogen) atoms. The van der Waals surface area contributed by atoms with Gasteiger partial charge in [0.05, 0.1) is 12.7 Å². The Labute approximate surface area is 143 Å². The number of ether oxygens (including phenoxy) is 1. The van der Waals surface area contributed by atoms with Gasteiger partial charge in [0, 0.05) is 6.42 Å². The molecule has 0 amide bonds. The lowest BCUT2D eigenvalue weighted by molar-refractivity contribution is -0.0432. The van der Waals surface area contributed by atoms with Crippen molar-refractivity contribution in [1.82, 2.24) is 14.5 Å². The van der Waals surface area contributed by atoms with Gasteiger partial charge < -0.3 is 20.0 Å². The zero-order chi connectivity index (χ0) is 17.9. The maximum atomic E-state index is 11.9. The molecule has 1 aromatic rings. The van der Waals surface area contributed by atoms with Crippen molar-refractivity contribution >= 4 is 14.3 Å². The molecule has 1 aliphatic heterocycles. The summed E-state index contributed by atoms with van der Waals surface area (Å²) in [6, 6.07) is 0. The smallest absolute Gasteiger partial charge is 0.354 e. The highest BCUT2D eigenvalue weighted by atomic mass is 28.4. The molecule has 0 aliphatic carbocycles. The van der Waals surface area contributed by atoms with Gasteiger partial charge in [-0.15, -0.1) is 0 Å². The first-order valence-electron chi connectivity index (χ1n) is 8.46. The predicted molar refractivity (Wildman–Crippen MR) is 93.0 cm³/mol. The summed E-state index contributed by atoms with van der Waals surface area (Å²) in [6.07, 6.45) is 2.03. The molecule has 1 saturated heterocycles. The highest BCUT2D eigenvalue weighted by Crippen LogP contribution is 2.32. The van der Waals surface area contributed by atoms with Gasteiger partial charge in [0.25, 0.3) is 0 Å². The zero-order valence-electron chi connectivity index (χ0n) is 14.8. The molecule has 0 bridgehead atoms. The van der Waals surface area contributed by atoms with E-state index in [1.807, 2.05) is 0 Å². The Kier molecular flexibility index (Phi) is 6.13. The Morgan fingerprint density at radius 2 is 2.17 bits per heavy atom. The summed E-state index contributed by atoms with van der Waals surface area (Å²) in [7, 11) is -1.85. The average molecular weight is 356 g/mol. The molecule has 0 spiro atoms. The van der Waals surface area contributed by atoms with E-state index in [0.717, 1.165) is 12.8 Å². The quantitative estimate of drug-likeness (QED) is 0.708. The van der Waals surface area contributed by atoms with Gasteiger partial charge in [0.1, 0.15) is 18.7 Å². The maximum absolute atomic E-state index is 11.9.